The molecule has 0 N–H and O–H groups in total. The fraction of sp³-hybridized carbons (Fsp3) is 0.692. The molecule has 0 spiro atoms. The summed E-state index contributed by atoms with van der Waals surface area (Å²) in [5, 5.41) is 0.474. The predicted molar refractivity (Wildman–Crippen MR) is 71.7 cm³/mol. The minimum absolute atomic E-state index is 0.310. The van der Waals surface area contributed by atoms with Gasteiger partial charge in [0.25, 0.3) is 5.19 Å². The summed E-state index contributed by atoms with van der Waals surface area (Å²) in [5.74, 6) is 0.567. The number of carbonyl (C=O) groups is 1. The van der Waals surface area contributed by atoms with E-state index in [-0.39, 0.29) is 5.97 Å². The molecule has 0 aromatic carbocycles. The molecular weight excluding hydrogens is 266 g/mol. The normalized spacial score (nSPS) is 14.4. The molecule has 6 heteroatoms. The van der Waals surface area contributed by atoms with Crippen LogP contribution in [0, 0.1) is 5.92 Å². The lowest BCUT2D eigenvalue weighted by Crippen LogP contribution is -2.04. The van der Waals surface area contributed by atoms with Gasteiger partial charge in [-0.3, -0.25) is 0 Å². The van der Waals surface area contributed by atoms with Crippen molar-refractivity contribution in [1.29, 1.82) is 0 Å². The molecule has 0 bridgehead atoms. The lowest BCUT2D eigenvalue weighted by molar-refractivity contribution is 0.0502. The second-order valence-corrected chi connectivity index (χ2v) is 5.55. The van der Waals surface area contributed by atoms with Gasteiger partial charge in [0.05, 0.1) is 19.4 Å². The first kappa shape index (κ1) is 14.3. The van der Waals surface area contributed by atoms with Crippen LogP contribution in [0.3, 0.4) is 0 Å². The second-order valence-electron chi connectivity index (χ2n) is 4.55. The molecule has 0 aliphatic heterocycles. The van der Waals surface area contributed by atoms with Crippen LogP contribution in [0.15, 0.2) is 6.20 Å². The van der Waals surface area contributed by atoms with Crippen LogP contribution >= 0.6 is 11.3 Å². The molecule has 106 valence electrons. The molecule has 1 aliphatic carbocycles. The number of hydrogen-bond acceptors (Lipinski definition) is 6. The van der Waals surface area contributed by atoms with Crippen molar-refractivity contribution in [3.05, 3.63) is 11.1 Å². The summed E-state index contributed by atoms with van der Waals surface area (Å²) in [5.41, 5.74) is 0. The molecular formula is C13H19NO4S. The van der Waals surface area contributed by atoms with Crippen molar-refractivity contribution in [2.45, 2.75) is 25.7 Å². The first-order chi connectivity index (χ1) is 9.29. The second kappa shape index (κ2) is 7.45. The molecule has 1 aliphatic rings. The maximum Gasteiger partial charge on any atom is 0.350 e. The van der Waals surface area contributed by atoms with Crippen molar-refractivity contribution in [2.24, 2.45) is 5.92 Å². The molecule has 0 amide bonds. The van der Waals surface area contributed by atoms with Crippen molar-refractivity contribution < 1.29 is 19.0 Å². The highest BCUT2D eigenvalue weighted by atomic mass is 32.1. The Morgan fingerprint density at radius 1 is 1.42 bits per heavy atom. The van der Waals surface area contributed by atoms with Crippen LogP contribution in [0.1, 0.15) is 35.4 Å². The van der Waals surface area contributed by atoms with Crippen LogP contribution < -0.4 is 4.74 Å². The fourth-order valence-electron chi connectivity index (χ4n) is 1.65. The minimum atomic E-state index is -0.310. The van der Waals surface area contributed by atoms with E-state index in [2.05, 4.69) is 4.98 Å². The Hall–Kier alpha value is -1.14. The topological polar surface area (TPSA) is 57.7 Å². The molecule has 1 saturated carbocycles. The third kappa shape index (κ3) is 5.16. The van der Waals surface area contributed by atoms with Crippen molar-refractivity contribution in [3.8, 4) is 5.19 Å². The van der Waals surface area contributed by atoms with Crippen LogP contribution in [0.5, 0.6) is 5.19 Å². The average molecular weight is 285 g/mol. The van der Waals surface area contributed by atoms with Crippen LogP contribution in [0.2, 0.25) is 0 Å². The van der Waals surface area contributed by atoms with Gasteiger partial charge in [0, 0.05) is 7.11 Å². The number of methoxy groups -OCH3 is 1. The molecule has 0 unspecified atom stereocenters. The largest absolute Gasteiger partial charge is 0.468 e. The van der Waals surface area contributed by atoms with Gasteiger partial charge in [-0.05, 0) is 18.8 Å². The SMILES string of the molecule is COCCOc1ncc(C(=O)OCCCC2CC2)s1. The van der Waals surface area contributed by atoms with Gasteiger partial charge in [-0.2, -0.15) is 0 Å². The third-order valence-corrected chi connectivity index (χ3v) is 3.78. The summed E-state index contributed by atoms with van der Waals surface area (Å²) in [7, 11) is 1.61. The summed E-state index contributed by atoms with van der Waals surface area (Å²) in [6.07, 6.45) is 6.29. The van der Waals surface area contributed by atoms with Crippen molar-refractivity contribution in [2.75, 3.05) is 26.9 Å². The highest BCUT2D eigenvalue weighted by Crippen LogP contribution is 2.33. The highest BCUT2D eigenvalue weighted by molar-refractivity contribution is 7.15. The molecule has 1 aromatic rings. The van der Waals surface area contributed by atoms with E-state index in [1.54, 1.807) is 7.11 Å². The molecule has 5 nitrogen and oxygen atoms in total. The van der Waals surface area contributed by atoms with Gasteiger partial charge in [0.15, 0.2) is 0 Å². The quantitative estimate of drug-likeness (QED) is 0.515. The van der Waals surface area contributed by atoms with Gasteiger partial charge in [-0.15, -0.1) is 0 Å². The van der Waals surface area contributed by atoms with Crippen LogP contribution in [0.25, 0.3) is 0 Å². The zero-order valence-electron chi connectivity index (χ0n) is 11.1. The van der Waals surface area contributed by atoms with Gasteiger partial charge in [-0.25, -0.2) is 9.78 Å². The Bertz CT molecular complexity index is 403. The zero-order valence-corrected chi connectivity index (χ0v) is 11.9. The number of esters is 1. The van der Waals surface area contributed by atoms with E-state index >= 15 is 0 Å². The summed E-state index contributed by atoms with van der Waals surface area (Å²) in [6, 6.07) is 0. The van der Waals surface area contributed by atoms with E-state index in [9.17, 15) is 4.79 Å². The minimum Gasteiger partial charge on any atom is -0.468 e. The lowest BCUT2D eigenvalue weighted by Gasteiger charge is -2.02. The van der Waals surface area contributed by atoms with Crippen molar-refractivity contribution in [1.82, 2.24) is 4.98 Å². The van der Waals surface area contributed by atoms with Gasteiger partial charge in [0.1, 0.15) is 11.5 Å². The number of nitrogens with zero attached hydrogens (tertiary/aromatic N) is 1. The van der Waals surface area contributed by atoms with Gasteiger partial charge >= 0.3 is 5.97 Å². The standard InChI is InChI=1S/C13H19NO4S/c1-16-7-8-18-13-14-9-11(19-13)12(15)17-6-2-3-10-4-5-10/h9-10H,2-8H2,1H3. The monoisotopic (exact) mass is 285 g/mol. The maximum absolute atomic E-state index is 11.7. The predicted octanol–water partition coefficient (Wildman–Crippen LogP) is 2.52. The first-order valence-electron chi connectivity index (χ1n) is 6.54. The summed E-state index contributed by atoms with van der Waals surface area (Å²) >= 11 is 1.20. The van der Waals surface area contributed by atoms with E-state index in [1.807, 2.05) is 0 Å². The number of aromatic nitrogens is 1. The number of hydrogen-bond donors (Lipinski definition) is 0. The Morgan fingerprint density at radius 2 is 2.26 bits per heavy atom. The Kier molecular flexibility index (Phi) is 5.60. The van der Waals surface area contributed by atoms with E-state index in [1.165, 1.54) is 36.8 Å². The van der Waals surface area contributed by atoms with Gasteiger partial charge in [-0.1, -0.05) is 24.2 Å². The number of rotatable bonds is 9. The maximum atomic E-state index is 11.7. The highest BCUT2D eigenvalue weighted by Gasteiger charge is 2.20. The molecule has 1 aromatic heterocycles. The number of ether oxygens (including phenoxy) is 3. The van der Waals surface area contributed by atoms with Crippen LogP contribution in [-0.2, 0) is 9.47 Å². The van der Waals surface area contributed by atoms with Crippen LogP contribution in [-0.4, -0.2) is 37.9 Å². The van der Waals surface area contributed by atoms with E-state index in [4.69, 9.17) is 14.2 Å². The molecule has 2 rings (SSSR count). The Morgan fingerprint density at radius 3 is 3.00 bits per heavy atom. The Balaban J connectivity index is 1.65. The van der Waals surface area contributed by atoms with E-state index < -0.39 is 0 Å². The fourth-order valence-corrected chi connectivity index (χ4v) is 2.33. The summed E-state index contributed by atoms with van der Waals surface area (Å²) in [4.78, 5) is 16.2. The smallest absolute Gasteiger partial charge is 0.350 e. The van der Waals surface area contributed by atoms with Gasteiger partial charge < -0.3 is 14.2 Å². The number of thiazole rings is 1. The molecule has 0 atom stereocenters. The van der Waals surface area contributed by atoms with Gasteiger partial charge in [0.2, 0.25) is 0 Å². The molecule has 1 fully saturated rings. The lowest BCUT2D eigenvalue weighted by atomic mass is 10.2. The molecule has 0 saturated heterocycles. The van der Waals surface area contributed by atoms with E-state index in [0.717, 1.165) is 12.3 Å². The molecule has 1 heterocycles. The third-order valence-electron chi connectivity index (χ3n) is 2.89. The van der Waals surface area contributed by atoms with Crippen molar-refractivity contribution >= 4 is 17.3 Å². The first-order valence-corrected chi connectivity index (χ1v) is 7.36. The van der Waals surface area contributed by atoms with Crippen LogP contribution in [0.4, 0.5) is 0 Å². The molecule has 0 radical (unpaired) electrons. The van der Waals surface area contributed by atoms with Crippen molar-refractivity contribution in [3.63, 3.8) is 0 Å². The van der Waals surface area contributed by atoms with E-state index in [0.29, 0.717) is 29.9 Å². The Labute approximate surface area is 116 Å². The average Bonchev–Trinajstić information content (AvgIpc) is 3.12. The molecule has 19 heavy (non-hydrogen) atoms. The zero-order chi connectivity index (χ0) is 13.5. The number of carbonyl (C=O) groups excluding carboxylic acids is 1. The summed E-state index contributed by atoms with van der Waals surface area (Å²) in [6.45, 7) is 1.42. The summed E-state index contributed by atoms with van der Waals surface area (Å²) < 4.78 is 15.4.